The van der Waals surface area contributed by atoms with Gasteiger partial charge in [0.15, 0.2) is 0 Å². The summed E-state index contributed by atoms with van der Waals surface area (Å²) in [4.78, 5) is 0. The Balaban J connectivity index is 1.29. The van der Waals surface area contributed by atoms with Crippen molar-refractivity contribution in [3.05, 3.63) is 58.7 Å². The maximum Gasteiger partial charge on any atom is 0.119 e. The number of epoxide rings is 2. The Kier molecular flexibility index (Phi) is 5.00. The maximum atomic E-state index is 6.05. The van der Waals surface area contributed by atoms with Crippen molar-refractivity contribution in [2.75, 3.05) is 26.4 Å². The second kappa shape index (κ2) is 7.99. The van der Waals surface area contributed by atoms with Gasteiger partial charge in [0.2, 0.25) is 0 Å². The molecule has 4 heteroatoms. The summed E-state index contributed by atoms with van der Waals surface area (Å²) in [6.07, 6.45) is 7.53. The smallest absolute Gasteiger partial charge is 0.119 e. The molecule has 6 fully saturated rings. The SMILES string of the molecule is Cc1cc(OCC2CO2)ccc1C1(c2ccc(OCC3CO3)cc2C)C2CC3CC(C2)CC1C3. The maximum absolute atomic E-state index is 6.05. The van der Waals surface area contributed by atoms with E-state index in [2.05, 4.69) is 50.2 Å². The van der Waals surface area contributed by atoms with Gasteiger partial charge in [-0.25, -0.2) is 0 Å². The Bertz CT molecular complexity index is 988. The predicted molar refractivity (Wildman–Crippen MR) is 131 cm³/mol. The number of benzene rings is 2. The lowest BCUT2D eigenvalue weighted by Crippen LogP contribution is -2.56. The van der Waals surface area contributed by atoms with Crippen molar-refractivity contribution in [3.8, 4) is 11.5 Å². The van der Waals surface area contributed by atoms with Gasteiger partial charge in [0.1, 0.15) is 36.9 Å². The first-order valence-corrected chi connectivity index (χ1v) is 13.3. The fourth-order valence-corrected chi connectivity index (χ4v) is 8.04. The van der Waals surface area contributed by atoms with Gasteiger partial charge in [-0.05, 0) is 116 Å². The second-order valence-electron chi connectivity index (χ2n) is 11.7. The molecule has 2 saturated heterocycles. The summed E-state index contributed by atoms with van der Waals surface area (Å²) < 4.78 is 22.8. The van der Waals surface area contributed by atoms with Crippen LogP contribution in [0.25, 0.3) is 0 Å². The summed E-state index contributed by atoms with van der Waals surface area (Å²) in [5.41, 5.74) is 5.89. The van der Waals surface area contributed by atoms with Crippen LogP contribution < -0.4 is 9.47 Å². The van der Waals surface area contributed by atoms with E-state index in [-0.39, 0.29) is 17.6 Å². The molecule has 8 rings (SSSR count). The molecule has 4 nitrogen and oxygen atoms in total. The van der Waals surface area contributed by atoms with Crippen molar-refractivity contribution in [2.24, 2.45) is 23.7 Å². The minimum Gasteiger partial charge on any atom is -0.491 e. The normalized spacial score (nSPS) is 37.0. The number of aryl methyl sites for hydroxylation is 2. The fourth-order valence-electron chi connectivity index (χ4n) is 8.04. The summed E-state index contributed by atoms with van der Waals surface area (Å²) >= 11 is 0. The molecule has 2 aliphatic heterocycles. The van der Waals surface area contributed by atoms with E-state index >= 15 is 0 Å². The van der Waals surface area contributed by atoms with Crippen molar-refractivity contribution in [1.29, 1.82) is 0 Å². The molecule has 2 aromatic rings. The van der Waals surface area contributed by atoms with Gasteiger partial charge in [0.05, 0.1) is 13.2 Å². The molecule has 2 unspecified atom stereocenters. The second-order valence-corrected chi connectivity index (χ2v) is 11.7. The molecule has 0 spiro atoms. The van der Waals surface area contributed by atoms with E-state index in [4.69, 9.17) is 18.9 Å². The summed E-state index contributed by atoms with van der Waals surface area (Å²) in [6, 6.07) is 13.8. The third-order valence-electron chi connectivity index (χ3n) is 9.39. The predicted octanol–water partition coefficient (Wildman–Crippen LogP) is 5.60. The Morgan fingerprint density at radius 2 is 1.15 bits per heavy atom. The Morgan fingerprint density at radius 3 is 1.53 bits per heavy atom. The summed E-state index contributed by atoms with van der Waals surface area (Å²) in [7, 11) is 0. The highest BCUT2D eigenvalue weighted by Crippen LogP contribution is 2.66. The standard InChI is InChI=1S/C30H36O4/c1-18-7-24(31-14-26-16-33-26)3-5-28(18)30(22-10-20-9-21(12-22)13-23(30)11-20)29-6-4-25(8-19(29)2)32-15-27-17-34-27/h3-8,20-23,26-27H,9-17H2,1-2H3. The largest absolute Gasteiger partial charge is 0.491 e. The molecule has 4 aliphatic carbocycles. The fraction of sp³-hybridized carbons (Fsp3) is 0.600. The van der Waals surface area contributed by atoms with Gasteiger partial charge in [-0.2, -0.15) is 0 Å². The van der Waals surface area contributed by atoms with E-state index in [1.54, 1.807) is 0 Å². The van der Waals surface area contributed by atoms with Crippen molar-refractivity contribution < 1.29 is 18.9 Å². The summed E-state index contributed by atoms with van der Waals surface area (Å²) in [5.74, 6) is 5.24. The van der Waals surface area contributed by atoms with Gasteiger partial charge in [0.25, 0.3) is 0 Å². The van der Waals surface area contributed by atoms with Crippen LogP contribution in [0.2, 0.25) is 0 Å². The van der Waals surface area contributed by atoms with Crippen LogP contribution in [0.3, 0.4) is 0 Å². The minimum absolute atomic E-state index is 0.0951. The lowest BCUT2D eigenvalue weighted by Gasteiger charge is -2.62. The van der Waals surface area contributed by atoms with Crippen LogP contribution in [0.15, 0.2) is 36.4 Å². The molecular weight excluding hydrogens is 424 g/mol. The van der Waals surface area contributed by atoms with Gasteiger partial charge in [-0.3, -0.25) is 0 Å². The Morgan fingerprint density at radius 1 is 0.706 bits per heavy atom. The Labute approximate surface area is 202 Å². The molecule has 0 radical (unpaired) electrons. The average Bonchev–Trinajstić information content (AvgIpc) is 3.73. The highest BCUT2D eigenvalue weighted by molar-refractivity contribution is 5.53. The molecule has 0 N–H and O–H groups in total. The Hall–Kier alpha value is -2.04. The number of hydrogen-bond donors (Lipinski definition) is 0. The van der Waals surface area contributed by atoms with E-state index in [0.717, 1.165) is 48.4 Å². The molecule has 0 aromatic heterocycles. The van der Waals surface area contributed by atoms with Gasteiger partial charge >= 0.3 is 0 Å². The third kappa shape index (κ3) is 3.56. The minimum atomic E-state index is 0.0951. The van der Waals surface area contributed by atoms with Crippen LogP contribution in [0, 0.1) is 37.5 Å². The average molecular weight is 461 g/mol. The van der Waals surface area contributed by atoms with Crippen LogP contribution in [0.4, 0.5) is 0 Å². The zero-order chi connectivity index (χ0) is 22.9. The van der Waals surface area contributed by atoms with Crippen molar-refractivity contribution in [3.63, 3.8) is 0 Å². The lowest BCUT2D eigenvalue weighted by atomic mass is 9.41. The molecule has 4 saturated carbocycles. The zero-order valence-electron chi connectivity index (χ0n) is 20.4. The highest BCUT2D eigenvalue weighted by Gasteiger charge is 2.59. The number of hydrogen-bond acceptors (Lipinski definition) is 4. The van der Waals surface area contributed by atoms with Crippen LogP contribution >= 0.6 is 0 Å². The molecule has 2 atom stereocenters. The van der Waals surface area contributed by atoms with Crippen LogP contribution in [0.1, 0.15) is 54.4 Å². The molecule has 2 aromatic carbocycles. The first kappa shape index (κ1) is 21.3. The van der Waals surface area contributed by atoms with Crippen LogP contribution in [-0.2, 0) is 14.9 Å². The van der Waals surface area contributed by atoms with Gasteiger partial charge in [-0.1, -0.05) is 12.1 Å². The van der Waals surface area contributed by atoms with Gasteiger partial charge in [0, 0.05) is 5.41 Å². The van der Waals surface area contributed by atoms with E-state index in [9.17, 15) is 0 Å². The van der Waals surface area contributed by atoms with Crippen molar-refractivity contribution >= 4 is 0 Å². The molecule has 4 bridgehead atoms. The molecule has 34 heavy (non-hydrogen) atoms. The highest BCUT2D eigenvalue weighted by atomic mass is 16.6. The molecule has 0 amide bonds. The molecule has 6 aliphatic rings. The zero-order valence-corrected chi connectivity index (χ0v) is 20.4. The lowest BCUT2D eigenvalue weighted by molar-refractivity contribution is -0.0423. The van der Waals surface area contributed by atoms with E-state index in [0.29, 0.717) is 13.2 Å². The van der Waals surface area contributed by atoms with Gasteiger partial charge in [-0.15, -0.1) is 0 Å². The monoisotopic (exact) mass is 460 g/mol. The van der Waals surface area contributed by atoms with Crippen LogP contribution in [0.5, 0.6) is 11.5 Å². The van der Waals surface area contributed by atoms with E-state index in [1.807, 2.05) is 0 Å². The third-order valence-corrected chi connectivity index (χ3v) is 9.39. The summed E-state index contributed by atoms with van der Waals surface area (Å²) in [6.45, 7) is 7.57. The number of ether oxygens (including phenoxy) is 4. The summed E-state index contributed by atoms with van der Waals surface area (Å²) in [5, 5.41) is 0. The number of rotatable bonds is 8. The first-order valence-electron chi connectivity index (χ1n) is 13.3. The van der Waals surface area contributed by atoms with Crippen molar-refractivity contribution in [2.45, 2.75) is 63.6 Å². The van der Waals surface area contributed by atoms with E-state index in [1.165, 1.54) is 54.4 Å². The first-order chi connectivity index (χ1) is 16.6. The molecular formula is C30H36O4. The van der Waals surface area contributed by atoms with E-state index < -0.39 is 0 Å². The molecule has 180 valence electrons. The van der Waals surface area contributed by atoms with Crippen molar-refractivity contribution in [1.82, 2.24) is 0 Å². The topological polar surface area (TPSA) is 43.5 Å². The van der Waals surface area contributed by atoms with Crippen LogP contribution in [-0.4, -0.2) is 38.6 Å². The quantitative estimate of drug-likeness (QED) is 0.481. The van der Waals surface area contributed by atoms with Gasteiger partial charge < -0.3 is 18.9 Å². The molecule has 2 heterocycles.